The van der Waals surface area contributed by atoms with Crippen LogP contribution < -0.4 is 4.74 Å². The lowest BCUT2D eigenvalue weighted by atomic mass is 10.0. The van der Waals surface area contributed by atoms with Crippen LogP contribution in [0.2, 0.25) is 10.0 Å². The van der Waals surface area contributed by atoms with Crippen molar-refractivity contribution in [3.8, 4) is 28.1 Å². The lowest BCUT2D eigenvalue weighted by Crippen LogP contribution is -1.94. The first-order chi connectivity index (χ1) is 12.6. The van der Waals surface area contributed by atoms with Crippen LogP contribution in [0.3, 0.4) is 0 Å². The van der Waals surface area contributed by atoms with E-state index >= 15 is 0 Å². The van der Waals surface area contributed by atoms with Crippen LogP contribution in [0.4, 0.5) is 0 Å². The molecule has 0 radical (unpaired) electrons. The van der Waals surface area contributed by atoms with Crippen LogP contribution in [0.1, 0.15) is 5.69 Å². The molecule has 0 unspecified atom stereocenters. The van der Waals surface area contributed by atoms with Crippen LogP contribution in [-0.4, -0.2) is 16.7 Å². The summed E-state index contributed by atoms with van der Waals surface area (Å²) in [5.74, 6) is 0.811. The molecule has 4 rings (SSSR count). The van der Waals surface area contributed by atoms with E-state index in [2.05, 4.69) is 0 Å². The Hall–Kier alpha value is -2.49. The molecule has 0 fully saturated rings. The Morgan fingerprint density at radius 3 is 2.15 bits per heavy atom. The van der Waals surface area contributed by atoms with E-state index in [0.29, 0.717) is 10.0 Å². The van der Waals surface area contributed by atoms with Crippen LogP contribution in [-0.2, 0) is 0 Å². The van der Waals surface area contributed by atoms with Gasteiger partial charge in [-0.15, -0.1) is 0 Å². The Kier molecular flexibility index (Phi) is 4.35. The molecule has 0 amide bonds. The summed E-state index contributed by atoms with van der Waals surface area (Å²) >= 11 is 12.5. The number of benzene rings is 2. The molecule has 2 heterocycles. The van der Waals surface area contributed by atoms with Gasteiger partial charge in [0, 0.05) is 21.2 Å². The predicted molar refractivity (Wildman–Crippen MR) is 107 cm³/mol. The number of rotatable bonds is 3. The first-order valence-corrected chi connectivity index (χ1v) is 8.91. The van der Waals surface area contributed by atoms with E-state index in [4.69, 9.17) is 33.0 Å². The van der Waals surface area contributed by atoms with Crippen molar-refractivity contribution < 1.29 is 4.74 Å². The molecule has 0 aliphatic rings. The summed E-state index contributed by atoms with van der Waals surface area (Å²) in [5.41, 5.74) is 5.96. The lowest BCUT2D eigenvalue weighted by molar-refractivity contribution is 0.415. The number of hydrogen-bond donors (Lipinski definition) is 0. The van der Waals surface area contributed by atoms with Gasteiger partial charge in [0.05, 0.1) is 24.0 Å². The number of aryl methyl sites for hydroxylation is 1. The summed E-state index contributed by atoms with van der Waals surface area (Å²) in [5, 5.41) is 6.14. The number of aromatic nitrogens is 2. The summed E-state index contributed by atoms with van der Waals surface area (Å²) in [6.07, 6.45) is 0. The highest BCUT2D eigenvalue weighted by Crippen LogP contribution is 2.34. The number of hydrogen-bond acceptors (Lipinski definition) is 2. The quantitative estimate of drug-likeness (QED) is 0.416. The van der Waals surface area contributed by atoms with Gasteiger partial charge in [-0.05, 0) is 61.0 Å². The Balaban J connectivity index is 1.95. The van der Waals surface area contributed by atoms with Crippen molar-refractivity contribution in [2.24, 2.45) is 0 Å². The van der Waals surface area contributed by atoms with Crippen LogP contribution in [0, 0.1) is 6.92 Å². The molecule has 5 heteroatoms. The van der Waals surface area contributed by atoms with Crippen molar-refractivity contribution in [3.63, 3.8) is 0 Å². The van der Waals surface area contributed by atoms with Crippen LogP contribution in [0.25, 0.3) is 27.9 Å². The lowest BCUT2D eigenvalue weighted by Gasteiger charge is -2.08. The standard InChI is InChI=1S/C21H16Cl2N2O/c1-13-21(15-3-7-16(22)8-4-15)20-12-17(23)11-19(25(20)24-13)14-5-9-18(26-2)10-6-14/h3-12H,1-2H3. The summed E-state index contributed by atoms with van der Waals surface area (Å²) in [7, 11) is 1.65. The molecule has 0 saturated heterocycles. The average molecular weight is 383 g/mol. The maximum atomic E-state index is 6.44. The molecule has 2 aromatic heterocycles. The van der Waals surface area contributed by atoms with Gasteiger partial charge in [0.15, 0.2) is 0 Å². The van der Waals surface area contributed by atoms with Gasteiger partial charge in [0.1, 0.15) is 5.75 Å². The van der Waals surface area contributed by atoms with E-state index in [-0.39, 0.29) is 0 Å². The molecule has 130 valence electrons. The number of nitrogens with zero attached hydrogens (tertiary/aromatic N) is 2. The molecule has 0 aliphatic carbocycles. The molecule has 26 heavy (non-hydrogen) atoms. The molecule has 0 atom stereocenters. The van der Waals surface area contributed by atoms with Gasteiger partial charge in [0.25, 0.3) is 0 Å². The molecule has 2 aromatic carbocycles. The van der Waals surface area contributed by atoms with E-state index in [1.807, 2.05) is 72.1 Å². The minimum Gasteiger partial charge on any atom is -0.497 e. The van der Waals surface area contributed by atoms with Crippen molar-refractivity contribution in [1.82, 2.24) is 9.61 Å². The zero-order valence-corrected chi connectivity index (χ0v) is 15.8. The van der Waals surface area contributed by atoms with Crippen LogP contribution in [0.5, 0.6) is 5.75 Å². The first-order valence-electron chi connectivity index (χ1n) is 8.16. The third-order valence-corrected chi connectivity index (χ3v) is 4.86. The molecule has 0 spiro atoms. The Morgan fingerprint density at radius 1 is 0.846 bits per heavy atom. The monoisotopic (exact) mass is 382 g/mol. The largest absolute Gasteiger partial charge is 0.497 e. The minimum atomic E-state index is 0.665. The van der Waals surface area contributed by atoms with Crippen molar-refractivity contribution >= 4 is 28.7 Å². The van der Waals surface area contributed by atoms with Gasteiger partial charge < -0.3 is 4.74 Å². The first kappa shape index (κ1) is 17.0. The Labute approximate surface area is 161 Å². The minimum absolute atomic E-state index is 0.665. The van der Waals surface area contributed by atoms with Crippen molar-refractivity contribution in [2.45, 2.75) is 6.92 Å². The predicted octanol–water partition coefficient (Wildman–Crippen LogP) is 6.29. The van der Waals surface area contributed by atoms with E-state index in [0.717, 1.165) is 39.3 Å². The zero-order chi connectivity index (χ0) is 18.3. The topological polar surface area (TPSA) is 26.5 Å². The fraction of sp³-hybridized carbons (Fsp3) is 0.0952. The number of ether oxygens (including phenoxy) is 1. The molecular weight excluding hydrogens is 367 g/mol. The highest BCUT2D eigenvalue weighted by molar-refractivity contribution is 6.31. The van der Waals surface area contributed by atoms with Gasteiger partial charge in [-0.3, -0.25) is 0 Å². The fourth-order valence-corrected chi connectivity index (χ4v) is 3.50. The third kappa shape index (κ3) is 2.94. The fourth-order valence-electron chi connectivity index (χ4n) is 3.17. The van der Waals surface area contributed by atoms with Crippen LogP contribution >= 0.6 is 23.2 Å². The molecule has 3 nitrogen and oxygen atoms in total. The van der Waals surface area contributed by atoms with Gasteiger partial charge in [-0.1, -0.05) is 35.3 Å². The smallest absolute Gasteiger partial charge is 0.118 e. The summed E-state index contributed by atoms with van der Waals surface area (Å²) in [6.45, 7) is 2.00. The average Bonchev–Trinajstić information content (AvgIpc) is 2.97. The van der Waals surface area contributed by atoms with Crippen molar-refractivity contribution in [3.05, 3.63) is 76.4 Å². The maximum absolute atomic E-state index is 6.44. The van der Waals surface area contributed by atoms with E-state index < -0.39 is 0 Å². The van der Waals surface area contributed by atoms with Gasteiger partial charge in [-0.25, -0.2) is 4.52 Å². The molecule has 0 saturated carbocycles. The molecule has 0 aliphatic heterocycles. The Bertz CT molecular complexity index is 1080. The second-order valence-corrected chi connectivity index (χ2v) is 6.92. The van der Waals surface area contributed by atoms with Gasteiger partial charge >= 0.3 is 0 Å². The molecule has 0 N–H and O–H groups in total. The van der Waals surface area contributed by atoms with E-state index in [9.17, 15) is 0 Å². The second kappa shape index (κ2) is 6.67. The second-order valence-electron chi connectivity index (χ2n) is 6.05. The molecule has 4 aromatic rings. The third-order valence-electron chi connectivity index (χ3n) is 4.39. The molecule has 0 bridgehead atoms. The Morgan fingerprint density at radius 2 is 1.50 bits per heavy atom. The zero-order valence-electron chi connectivity index (χ0n) is 14.3. The highest BCUT2D eigenvalue weighted by atomic mass is 35.5. The van der Waals surface area contributed by atoms with E-state index in [1.165, 1.54) is 0 Å². The van der Waals surface area contributed by atoms with Crippen molar-refractivity contribution in [1.29, 1.82) is 0 Å². The van der Waals surface area contributed by atoms with Gasteiger partial charge in [0.2, 0.25) is 0 Å². The van der Waals surface area contributed by atoms with Crippen molar-refractivity contribution in [2.75, 3.05) is 7.11 Å². The normalized spacial score (nSPS) is 11.1. The summed E-state index contributed by atoms with van der Waals surface area (Å²) < 4.78 is 7.19. The number of halogens is 2. The maximum Gasteiger partial charge on any atom is 0.118 e. The number of pyridine rings is 1. The summed E-state index contributed by atoms with van der Waals surface area (Å²) in [6, 6.07) is 19.5. The summed E-state index contributed by atoms with van der Waals surface area (Å²) in [4.78, 5) is 0. The van der Waals surface area contributed by atoms with Gasteiger partial charge in [-0.2, -0.15) is 5.10 Å². The number of fused-ring (bicyclic) bond motifs is 1. The van der Waals surface area contributed by atoms with E-state index in [1.54, 1.807) is 7.11 Å². The highest BCUT2D eigenvalue weighted by Gasteiger charge is 2.16. The van der Waals surface area contributed by atoms with Crippen LogP contribution in [0.15, 0.2) is 60.7 Å². The molecular formula is C21H16Cl2N2O. The SMILES string of the molecule is COc1ccc(-c2cc(Cl)cc3c(-c4ccc(Cl)cc4)c(C)nn23)cc1. The number of methoxy groups -OCH3 is 1.